The number of carbonyl (C=O) groups excluding carboxylic acids is 2. The van der Waals surface area contributed by atoms with Crippen LogP contribution in [0.3, 0.4) is 0 Å². The Labute approximate surface area is 249 Å². The fourth-order valence-corrected chi connectivity index (χ4v) is 5.25. The molecule has 0 aliphatic carbocycles. The zero-order valence-corrected chi connectivity index (χ0v) is 24.7. The lowest BCUT2D eigenvalue weighted by Gasteiger charge is -2.29. The van der Waals surface area contributed by atoms with Gasteiger partial charge in [0.15, 0.2) is 0 Å². The van der Waals surface area contributed by atoms with E-state index in [4.69, 9.17) is 10.2 Å². The van der Waals surface area contributed by atoms with E-state index >= 15 is 0 Å². The van der Waals surface area contributed by atoms with Crippen molar-refractivity contribution in [1.29, 1.82) is 0 Å². The van der Waals surface area contributed by atoms with Crippen LogP contribution in [0.2, 0.25) is 0 Å². The molecule has 0 aliphatic heterocycles. The average molecular weight is 636 g/mol. The first-order valence-corrected chi connectivity index (χ1v) is 14.7. The summed E-state index contributed by atoms with van der Waals surface area (Å²) < 4.78 is 27.4. The number of benzene rings is 1. The number of amides is 2. The highest BCUT2D eigenvalue weighted by molar-refractivity contribution is 7.89. The normalized spacial score (nSPS) is 15.3. The van der Waals surface area contributed by atoms with Gasteiger partial charge in [0.05, 0.1) is 24.6 Å². The minimum Gasteiger partial charge on any atom is -0.480 e. The lowest BCUT2D eigenvalue weighted by Crippen LogP contribution is -2.51. The maximum absolute atomic E-state index is 13.5. The number of sulfonamides is 1. The summed E-state index contributed by atoms with van der Waals surface area (Å²) in [7, 11) is -3.95. The van der Waals surface area contributed by atoms with E-state index in [0.29, 0.717) is 17.1 Å². The van der Waals surface area contributed by atoms with Crippen molar-refractivity contribution in [3.05, 3.63) is 24.3 Å². The van der Waals surface area contributed by atoms with E-state index in [9.17, 15) is 53.3 Å². The standard InChI is InChI=1S/C24H41BN4O13S/c1-26-17(24(37)38)8-3-4-9-27-20(33)12-29(43(41,42)16-7-5-6-15(10-16)25(39)40)13-21(34)28(2)11-18(31)22(35)23(36)19(32)14-30/h5-7,10,17-19,22-23,26,30-32,35-36,39-40H,3-4,8-9,11-14H2,1-2H3,(H,27,33)(H,37,38)/t17-,18+,19-,22-,23-/m0/s1. The highest BCUT2D eigenvalue weighted by Crippen LogP contribution is 2.15. The average Bonchev–Trinajstić information content (AvgIpc) is 2.96. The third-order valence-corrected chi connectivity index (χ3v) is 8.31. The second-order valence-electron chi connectivity index (χ2n) is 9.82. The minimum absolute atomic E-state index is 0.0783. The first-order valence-electron chi connectivity index (χ1n) is 13.3. The van der Waals surface area contributed by atoms with Crippen molar-refractivity contribution in [1.82, 2.24) is 19.8 Å². The van der Waals surface area contributed by atoms with E-state index in [-0.39, 0.29) is 18.4 Å². The Morgan fingerprint density at radius 1 is 1.00 bits per heavy atom. The Kier molecular flexibility index (Phi) is 16.2. The van der Waals surface area contributed by atoms with Gasteiger partial charge in [0.1, 0.15) is 30.5 Å². The van der Waals surface area contributed by atoms with Crippen LogP contribution in [-0.2, 0) is 24.4 Å². The minimum atomic E-state index is -4.60. The lowest BCUT2D eigenvalue weighted by atomic mass is 9.80. The van der Waals surface area contributed by atoms with Crippen molar-refractivity contribution in [2.24, 2.45) is 0 Å². The zero-order chi connectivity index (χ0) is 32.9. The summed E-state index contributed by atoms with van der Waals surface area (Å²) in [5.41, 5.74) is -0.170. The van der Waals surface area contributed by atoms with Gasteiger partial charge in [-0.25, -0.2) is 8.42 Å². The number of aliphatic hydroxyl groups is 5. The van der Waals surface area contributed by atoms with Crippen LogP contribution in [0.15, 0.2) is 29.2 Å². The Morgan fingerprint density at radius 2 is 1.63 bits per heavy atom. The topological polar surface area (TPSA) is 278 Å². The SMILES string of the molecule is CN[C@@H](CCCCNC(=O)CN(CC(=O)N(C)C[C@@H](O)[C@H](O)[C@@H](O)[C@@H](O)CO)S(=O)(=O)c1cccc(B(O)O)c1)C(=O)O. The number of unbranched alkanes of at least 4 members (excludes halogenated alkanes) is 1. The number of hydrogen-bond donors (Lipinski definition) is 10. The summed E-state index contributed by atoms with van der Waals surface area (Å²) in [6.07, 6.45) is -6.44. The number of likely N-dealkylation sites (N-methyl/N-ethyl adjacent to an activating group) is 2. The number of aliphatic carboxylic acids is 1. The Balaban J connectivity index is 3.05. The third kappa shape index (κ3) is 12.1. The van der Waals surface area contributed by atoms with Crippen LogP contribution in [0.25, 0.3) is 0 Å². The van der Waals surface area contributed by atoms with Gasteiger partial charge >= 0.3 is 13.1 Å². The van der Waals surface area contributed by atoms with Crippen molar-refractivity contribution in [3.8, 4) is 0 Å². The number of nitrogens with one attached hydrogen (secondary N) is 2. The molecule has 244 valence electrons. The van der Waals surface area contributed by atoms with Crippen LogP contribution in [-0.4, -0.2) is 161 Å². The molecule has 0 saturated carbocycles. The largest absolute Gasteiger partial charge is 0.488 e. The van der Waals surface area contributed by atoms with Gasteiger partial charge < -0.3 is 56.2 Å². The number of carboxylic acid groups (broad SMARTS) is 1. The van der Waals surface area contributed by atoms with Gasteiger partial charge in [0, 0.05) is 20.1 Å². The molecule has 1 aromatic carbocycles. The molecule has 0 saturated heterocycles. The lowest BCUT2D eigenvalue weighted by molar-refractivity contribution is -0.140. The monoisotopic (exact) mass is 636 g/mol. The first-order chi connectivity index (χ1) is 20.1. The van der Waals surface area contributed by atoms with Crippen molar-refractivity contribution >= 4 is 40.4 Å². The predicted octanol–water partition coefficient (Wildman–Crippen LogP) is -5.79. The molecule has 0 radical (unpaired) electrons. The second-order valence-corrected chi connectivity index (χ2v) is 11.8. The third-order valence-electron chi connectivity index (χ3n) is 6.53. The maximum atomic E-state index is 13.5. The van der Waals surface area contributed by atoms with Crippen LogP contribution in [0.1, 0.15) is 19.3 Å². The molecule has 0 aliphatic rings. The number of nitrogens with zero attached hydrogens (tertiary/aromatic N) is 2. The fourth-order valence-electron chi connectivity index (χ4n) is 3.84. The predicted molar refractivity (Wildman–Crippen MR) is 151 cm³/mol. The fraction of sp³-hybridized carbons (Fsp3) is 0.625. The van der Waals surface area contributed by atoms with E-state index in [1.165, 1.54) is 19.2 Å². The zero-order valence-electron chi connectivity index (χ0n) is 23.9. The number of rotatable bonds is 20. The highest BCUT2D eigenvalue weighted by atomic mass is 32.2. The van der Waals surface area contributed by atoms with Crippen molar-refractivity contribution in [3.63, 3.8) is 0 Å². The molecule has 0 fully saturated rings. The van der Waals surface area contributed by atoms with E-state index in [1.54, 1.807) is 0 Å². The van der Waals surface area contributed by atoms with E-state index in [2.05, 4.69) is 10.6 Å². The Morgan fingerprint density at radius 3 is 2.19 bits per heavy atom. The van der Waals surface area contributed by atoms with Gasteiger partial charge in [-0.2, -0.15) is 4.31 Å². The van der Waals surface area contributed by atoms with E-state index in [0.717, 1.165) is 24.1 Å². The van der Waals surface area contributed by atoms with Gasteiger partial charge in [0.25, 0.3) is 0 Å². The van der Waals surface area contributed by atoms with E-state index in [1.807, 2.05) is 0 Å². The Hall–Kier alpha value is -2.72. The molecule has 19 heteroatoms. The summed E-state index contributed by atoms with van der Waals surface area (Å²) in [6.45, 7) is -3.23. The summed E-state index contributed by atoms with van der Waals surface area (Å²) >= 11 is 0. The smallest absolute Gasteiger partial charge is 0.480 e. The number of aliphatic hydroxyl groups excluding tert-OH is 5. The molecular formula is C24H41BN4O13S. The number of carbonyl (C=O) groups is 3. The van der Waals surface area contributed by atoms with Gasteiger partial charge in [0.2, 0.25) is 21.8 Å². The molecule has 0 bridgehead atoms. The molecular weight excluding hydrogens is 595 g/mol. The van der Waals surface area contributed by atoms with Gasteiger partial charge in [-0.15, -0.1) is 0 Å². The van der Waals surface area contributed by atoms with Gasteiger partial charge in [-0.1, -0.05) is 12.1 Å². The van der Waals surface area contributed by atoms with E-state index < -0.39 is 96.5 Å². The molecule has 17 nitrogen and oxygen atoms in total. The molecule has 0 aromatic heterocycles. The maximum Gasteiger partial charge on any atom is 0.488 e. The summed E-state index contributed by atoms with van der Waals surface area (Å²) in [4.78, 5) is 37.1. The molecule has 1 rings (SSSR count). The van der Waals surface area contributed by atoms with Crippen LogP contribution in [0, 0.1) is 0 Å². The van der Waals surface area contributed by atoms with Crippen molar-refractivity contribution < 1.29 is 63.5 Å². The molecule has 2 amide bonds. The van der Waals surface area contributed by atoms with Crippen LogP contribution < -0.4 is 16.1 Å². The van der Waals surface area contributed by atoms with Crippen LogP contribution in [0.4, 0.5) is 0 Å². The quantitative estimate of drug-likeness (QED) is 0.0472. The summed E-state index contributed by atoms with van der Waals surface area (Å²) in [5.74, 6) is -2.76. The van der Waals surface area contributed by atoms with Gasteiger partial charge in [-0.05, 0) is 43.9 Å². The van der Waals surface area contributed by atoms with Crippen molar-refractivity contribution in [2.75, 3.05) is 46.9 Å². The van der Waals surface area contributed by atoms with Crippen LogP contribution >= 0.6 is 0 Å². The molecule has 0 unspecified atom stereocenters. The first kappa shape index (κ1) is 38.3. The number of hydrogen-bond acceptors (Lipinski definition) is 13. The molecule has 10 N–H and O–H groups in total. The van der Waals surface area contributed by atoms with Crippen LogP contribution in [0.5, 0.6) is 0 Å². The number of carboxylic acids is 1. The molecule has 0 heterocycles. The summed E-state index contributed by atoms with van der Waals surface area (Å²) in [6, 6.07) is 3.78. The molecule has 5 atom stereocenters. The van der Waals surface area contributed by atoms with Gasteiger partial charge in [-0.3, -0.25) is 14.4 Å². The highest BCUT2D eigenvalue weighted by Gasteiger charge is 2.34. The second kappa shape index (κ2) is 18.2. The molecule has 0 spiro atoms. The Bertz CT molecular complexity index is 1160. The van der Waals surface area contributed by atoms with Crippen molar-refractivity contribution in [2.45, 2.75) is 54.6 Å². The molecule has 1 aromatic rings. The molecule has 43 heavy (non-hydrogen) atoms. The summed E-state index contributed by atoms with van der Waals surface area (Å²) in [5, 5.41) is 81.5.